The maximum absolute atomic E-state index is 13.9. The van der Waals surface area contributed by atoms with Crippen LogP contribution in [0.1, 0.15) is 16.1 Å². The third kappa shape index (κ3) is 3.27. The molecule has 8 heteroatoms. The average molecular weight is 418 g/mol. The highest BCUT2D eigenvalue weighted by atomic mass is 32.1. The normalized spacial score (nSPS) is 11.1. The second-order valence-electron chi connectivity index (χ2n) is 6.68. The predicted octanol–water partition coefficient (Wildman–Crippen LogP) is 5.44. The number of carbonyl (C=O) groups excluding carboxylic acids is 1. The summed E-state index contributed by atoms with van der Waals surface area (Å²) in [7, 11) is 0. The number of furan rings is 1. The Kier molecular flexibility index (Phi) is 4.40. The van der Waals surface area contributed by atoms with E-state index in [1.165, 1.54) is 34.2 Å². The fourth-order valence-corrected chi connectivity index (χ4v) is 3.92. The van der Waals surface area contributed by atoms with Crippen molar-refractivity contribution in [2.75, 3.05) is 5.32 Å². The number of nitrogens with zero attached hydrogens (tertiary/aromatic N) is 3. The van der Waals surface area contributed by atoms with Crippen LogP contribution in [0.4, 0.5) is 10.2 Å². The van der Waals surface area contributed by atoms with Crippen molar-refractivity contribution in [2.45, 2.75) is 6.92 Å². The Morgan fingerprint density at radius 3 is 2.77 bits per heavy atom. The van der Waals surface area contributed by atoms with Gasteiger partial charge in [0, 0.05) is 16.8 Å². The van der Waals surface area contributed by atoms with Crippen molar-refractivity contribution in [1.82, 2.24) is 14.8 Å². The molecule has 0 atom stereocenters. The molecule has 5 rings (SSSR count). The van der Waals surface area contributed by atoms with Crippen LogP contribution in [0.5, 0.6) is 0 Å². The molecule has 3 aromatic heterocycles. The summed E-state index contributed by atoms with van der Waals surface area (Å²) in [5, 5.41) is 10.6. The monoisotopic (exact) mass is 418 g/mol. The molecule has 0 spiro atoms. The number of thiazole rings is 1. The number of nitrogens with one attached hydrogen (secondary N) is 1. The molecule has 0 unspecified atom stereocenters. The third-order valence-electron chi connectivity index (χ3n) is 4.54. The van der Waals surface area contributed by atoms with Gasteiger partial charge in [-0.05, 0) is 31.2 Å². The first-order valence-corrected chi connectivity index (χ1v) is 10.0. The van der Waals surface area contributed by atoms with Crippen LogP contribution in [0.2, 0.25) is 0 Å². The fraction of sp³-hybridized carbons (Fsp3) is 0.0455. The van der Waals surface area contributed by atoms with E-state index in [-0.39, 0.29) is 5.56 Å². The van der Waals surface area contributed by atoms with Crippen molar-refractivity contribution in [3.63, 3.8) is 0 Å². The minimum Gasteiger partial charge on any atom is -0.454 e. The number of benzene rings is 2. The van der Waals surface area contributed by atoms with Gasteiger partial charge in [-0.2, -0.15) is 9.78 Å². The SMILES string of the molecule is Cc1cc(NC(=O)c2ccccc2F)n(-c2nc(-c3cc4ccccc4o3)cs2)n1. The summed E-state index contributed by atoms with van der Waals surface area (Å²) in [6, 6.07) is 17.2. The third-order valence-corrected chi connectivity index (χ3v) is 5.36. The fourth-order valence-electron chi connectivity index (χ4n) is 3.15. The van der Waals surface area contributed by atoms with Gasteiger partial charge in [0.1, 0.15) is 22.9 Å². The van der Waals surface area contributed by atoms with Crippen molar-refractivity contribution >= 4 is 34.0 Å². The minimum absolute atomic E-state index is 0.0370. The van der Waals surface area contributed by atoms with E-state index >= 15 is 0 Å². The molecule has 0 aliphatic rings. The first-order valence-electron chi connectivity index (χ1n) is 9.16. The van der Waals surface area contributed by atoms with E-state index < -0.39 is 11.7 Å². The van der Waals surface area contributed by atoms with Crippen LogP contribution in [0.15, 0.2) is 70.5 Å². The van der Waals surface area contributed by atoms with Crippen LogP contribution in [0, 0.1) is 12.7 Å². The smallest absolute Gasteiger partial charge is 0.259 e. The molecule has 1 N–H and O–H groups in total. The topological polar surface area (TPSA) is 73.0 Å². The molecule has 3 heterocycles. The van der Waals surface area contributed by atoms with Gasteiger partial charge < -0.3 is 9.73 Å². The second kappa shape index (κ2) is 7.23. The summed E-state index contributed by atoms with van der Waals surface area (Å²) in [6.07, 6.45) is 0. The molecule has 2 aromatic carbocycles. The molecule has 0 bridgehead atoms. The molecule has 0 fully saturated rings. The highest BCUT2D eigenvalue weighted by Gasteiger charge is 2.18. The van der Waals surface area contributed by atoms with Crippen molar-refractivity contribution in [3.05, 3.63) is 83.1 Å². The van der Waals surface area contributed by atoms with Crippen LogP contribution in [-0.4, -0.2) is 20.7 Å². The maximum atomic E-state index is 13.9. The number of hydrogen-bond acceptors (Lipinski definition) is 5. The number of fused-ring (bicyclic) bond motifs is 1. The Labute approximate surface area is 174 Å². The first kappa shape index (κ1) is 18.3. The van der Waals surface area contributed by atoms with Gasteiger partial charge in [-0.3, -0.25) is 4.79 Å². The molecule has 0 aliphatic heterocycles. The van der Waals surface area contributed by atoms with Crippen LogP contribution >= 0.6 is 11.3 Å². The average Bonchev–Trinajstić information content (AvgIpc) is 3.45. The maximum Gasteiger partial charge on any atom is 0.259 e. The molecule has 148 valence electrons. The van der Waals surface area contributed by atoms with Crippen LogP contribution < -0.4 is 5.32 Å². The molecule has 30 heavy (non-hydrogen) atoms. The summed E-state index contributed by atoms with van der Waals surface area (Å²) < 4.78 is 21.4. The number of aromatic nitrogens is 3. The van der Waals surface area contributed by atoms with E-state index in [2.05, 4.69) is 15.4 Å². The highest BCUT2D eigenvalue weighted by Crippen LogP contribution is 2.30. The minimum atomic E-state index is -0.584. The number of hydrogen-bond donors (Lipinski definition) is 1. The lowest BCUT2D eigenvalue weighted by Crippen LogP contribution is -2.16. The number of amides is 1. The Bertz CT molecular complexity index is 1350. The van der Waals surface area contributed by atoms with Gasteiger partial charge in [0.25, 0.3) is 5.91 Å². The van der Waals surface area contributed by atoms with Crippen molar-refractivity contribution in [3.8, 4) is 16.6 Å². The van der Waals surface area contributed by atoms with E-state index in [0.717, 1.165) is 11.0 Å². The van der Waals surface area contributed by atoms with Gasteiger partial charge in [-0.25, -0.2) is 9.37 Å². The lowest BCUT2D eigenvalue weighted by atomic mass is 10.2. The summed E-state index contributed by atoms with van der Waals surface area (Å²) >= 11 is 1.36. The lowest BCUT2D eigenvalue weighted by Gasteiger charge is -2.07. The van der Waals surface area contributed by atoms with E-state index in [0.29, 0.717) is 28.1 Å². The van der Waals surface area contributed by atoms with E-state index in [4.69, 9.17) is 4.42 Å². The van der Waals surface area contributed by atoms with E-state index in [1.807, 2.05) is 42.6 Å². The van der Waals surface area contributed by atoms with E-state index in [1.54, 1.807) is 12.1 Å². The number of halogens is 1. The zero-order chi connectivity index (χ0) is 20.7. The Balaban J connectivity index is 1.47. The molecule has 5 aromatic rings. The van der Waals surface area contributed by atoms with Crippen molar-refractivity contribution < 1.29 is 13.6 Å². The molecule has 0 radical (unpaired) electrons. The van der Waals surface area contributed by atoms with Crippen molar-refractivity contribution in [1.29, 1.82) is 0 Å². The predicted molar refractivity (Wildman–Crippen MR) is 114 cm³/mol. The Morgan fingerprint density at radius 1 is 1.13 bits per heavy atom. The van der Waals surface area contributed by atoms with E-state index in [9.17, 15) is 9.18 Å². The standard InChI is InChI=1S/C22H15FN4O2S/c1-13-10-20(25-21(28)15-7-3-4-8-16(15)23)27(26-13)22-24-17(12-30-22)19-11-14-6-2-5-9-18(14)29-19/h2-12H,1H3,(H,25,28). The van der Waals surface area contributed by atoms with Gasteiger partial charge in [0.15, 0.2) is 5.76 Å². The largest absolute Gasteiger partial charge is 0.454 e. The second-order valence-corrected chi connectivity index (χ2v) is 7.52. The Morgan fingerprint density at radius 2 is 1.93 bits per heavy atom. The number of carbonyl (C=O) groups is 1. The molecule has 0 aliphatic carbocycles. The Hall–Kier alpha value is -3.78. The summed E-state index contributed by atoms with van der Waals surface area (Å²) in [6.45, 7) is 1.81. The van der Waals surface area contributed by atoms with Gasteiger partial charge in [0.05, 0.1) is 11.3 Å². The zero-order valence-corrected chi connectivity index (χ0v) is 16.6. The number of aryl methyl sites for hydroxylation is 1. The number of rotatable bonds is 4. The molecule has 6 nitrogen and oxygen atoms in total. The quantitative estimate of drug-likeness (QED) is 0.422. The zero-order valence-electron chi connectivity index (χ0n) is 15.8. The highest BCUT2D eigenvalue weighted by molar-refractivity contribution is 7.12. The molecule has 1 amide bonds. The lowest BCUT2D eigenvalue weighted by molar-refractivity contribution is 0.102. The van der Waals surface area contributed by atoms with Crippen LogP contribution in [0.25, 0.3) is 27.6 Å². The van der Waals surface area contributed by atoms with Gasteiger partial charge >= 0.3 is 0 Å². The summed E-state index contributed by atoms with van der Waals surface area (Å²) in [5.74, 6) is -0.0756. The van der Waals surface area contributed by atoms with Crippen molar-refractivity contribution in [2.24, 2.45) is 0 Å². The number of para-hydroxylation sites is 1. The van der Waals surface area contributed by atoms with Crippen LogP contribution in [-0.2, 0) is 0 Å². The first-order chi connectivity index (χ1) is 14.6. The molecule has 0 saturated carbocycles. The molecular formula is C22H15FN4O2S. The van der Waals surface area contributed by atoms with Gasteiger partial charge in [-0.1, -0.05) is 30.3 Å². The molecular weight excluding hydrogens is 403 g/mol. The summed E-state index contributed by atoms with van der Waals surface area (Å²) in [4.78, 5) is 17.1. The van der Waals surface area contributed by atoms with Crippen LogP contribution in [0.3, 0.4) is 0 Å². The van der Waals surface area contributed by atoms with Gasteiger partial charge in [-0.15, -0.1) is 11.3 Å². The molecule has 0 saturated heterocycles. The van der Waals surface area contributed by atoms with Gasteiger partial charge in [0.2, 0.25) is 5.13 Å². The number of anilines is 1. The summed E-state index contributed by atoms with van der Waals surface area (Å²) in [5.41, 5.74) is 2.12.